The van der Waals surface area contributed by atoms with Gasteiger partial charge >= 0.3 is 43.4 Å². The van der Waals surface area contributed by atoms with E-state index in [1.165, 1.54) is 0 Å². The van der Waals surface area contributed by atoms with Crippen molar-refractivity contribution in [2.75, 3.05) is 0 Å². The molecule has 0 aliphatic carbocycles. The minimum atomic E-state index is 0. The van der Waals surface area contributed by atoms with E-state index in [4.69, 9.17) is 0 Å². The Morgan fingerprint density at radius 3 is 1.25 bits per heavy atom. The Kier molecular flexibility index (Phi) is 20.1. The molecule has 0 atom stereocenters. The SMILES string of the molecule is [CH3][Mg][CH3].[MgH2]. The van der Waals surface area contributed by atoms with Crippen LogP contribution >= 0.6 is 0 Å². The fourth-order valence-electron chi connectivity index (χ4n) is 0. The minimum absolute atomic E-state index is 0. The van der Waals surface area contributed by atoms with E-state index in [9.17, 15) is 0 Å². The number of rotatable bonds is 0. The van der Waals surface area contributed by atoms with Crippen molar-refractivity contribution in [2.24, 2.45) is 0 Å². The standard InChI is InChI=1S/2CH3.2Mg.2H/h2*1H3;;;;. The molecule has 0 rings (SSSR count). The number of hydrogen-bond acceptors (Lipinski definition) is 0. The lowest BCUT2D eigenvalue weighted by Crippen LogP contribution is -1.53. The molecule has 0 aliphatic rings. The van der Waals surface area contributed by atoms with Crippen molar-refractivity contribution in [1.29, 1.82) is 0 Å². The topological polar surface area (TPSA) is 0 Å². The van der Waals surface area contributed by atoms with Crippen molar-refractivity contribution in [2.45, 2.75) is 10.1 Å². The van der Waals surface area contributed by atoms with E-state index in [-0.39, 0.29) is 23.1 Å². The van der Waals surface area contributed by atoms with E-state index in [0.717, 1.165) is 0 Å². The van der Waals surface area contributed by atoms with E-state index in [1.54, 1.807) is 0 Å². The predicted octanol–water partition coefficient (Wildman–Crippen LogP) is -0.129. The lowest BCUT2D eigenvalue weighted by molar-refractivity contribution is 2.14. The maximum Gasteiger partial charge on any atom is 0.356 e. The molecule has 0 saturated carbocycles. The van der Waals surface area contributed by atoms with Crippen molar-refractivity contribution in [3.05, 3.63) is 0 Å². The second-order valence-corrected chi connectivity index (χ2v) is 2.12. The summed E-state index contributed by atoms with van der Waals surface area (Å²) >= 11 is 0.417. The van der Waals surface area contributed by atoms with E-state index in [2.05, 4.69) is 10.1 Å². The van der Waals surface area contributed by atoms with Gasteiger partial charge in [0.25, 0.3) is 0 Å². The first-order valence-electron chi connectivity index (χ1n) is 1.41. The van der Waals surface area contributed by atoms with Crippen LogP contribution in [0.4, 0.5) is 0 Å². The molecule has 0 aromatic rings. The first kappa shape index (κ1) is 9.11. The Labute approximate surface area is 53.2 Å². The molecule has 4 heavy (non-hydrogen) atoms. The predicted molar refractivity (Wildman–Crippen MR) is 26.0 cm³/mol. The van der Waals surface area contributed by atoms with E-state index in [0.29, 0.717) is 20.4 Å². The minimum Gasteiger partial charge on any atom is -0.157 e. The van der Waals surface area contributed by atoms with Crippen LogP contribution in [-0.2, 0) is 0 Å². The highest BCUT2D eigenvalue weighted by atomic mass is 24.5. The zero-order valence-electron chi connectivity index (χ0n) is 2.71. The molecule has 0 nitrogen and oxygen atoms in total. The fourth-order valence-corrected chi connectivity index (χ4v) is 0. The summed E-state index contributed by atoms with van der Waals surface area (Å²) in [6, 6.07) is 0. The third-order valence-electron chi connectivity index (χ3n) is 0. The molecular formula is C2H8Mg2. The van der Waals surface area contributed by atoms with Gasteiger partial charge in [0.05, 0.1) is 0 Å². The molecule has 0 N–H and O–H groups in total. The third-order valence-corrected chi connectivity index (χ3v) is 0. The molecule has 0 radical (unpaired) electrons. The molecule has 0 aromatic heterocycles. The van der Waals surface area contributed by atoms with Crippen LogP contribution in [0.25, 0.3) is 0 Å². The van der Waals surface area contributed by atoms with Gasteiger partial charge in [0, 0.05) is 0 Å². The normalized spacial score (nSPS) is 2.50. The smallest absolute Gasteiger partial charge is 0.157 e. The Bertz CT molecular complexity index is 4.00. The van der Waals surface area contributed by atoms with Crippen molar-refractivity contribution >= 4 is 43.4 Å². The Morgan fingerprint density at radius 1 is 1.25 bits per heavy atom. The summed E-state index contributed by atoms with van der Waals surface area (Å²) in [6.45, 7) is 0. The molecule has 0 spiro atoms. The monoisotopic (exact) mass is 80.0 g/mol. The van der Waals surface area contributed by atoms with Gasteiger partial charge in [0.2, 0.25) is 0 Å². The number of hydrogen-bond donors (Lipinski definition) is 0. The van der Waals surface area contributed by atoms with Gasteiger partial charge < -0.3 is 0 Å². The fraction of sp³-hybridized carbons (Fsp3) is 1.00. The van der Waals surface area contributed by atoms with Crippen LogP contribution in [0.15, 0.2) is 0 Å². The molecular weight excluding hydrogens is 72.6 g/mol. The first-order chi connectivity index (χ1) is 1.41. The zero-order chi connectivity index (χ0) is 2.71. The summed E-state index contributed by atoms with van der Waals surface area (Å²) in [5.74, 6) is 0. The largest absolute Gasteiger partial charge is 0.356 e. The van der Waals surface area contributed by atoms with Gasteiger partial charge in [-0.25, -0.2) is 0 Å². The lowest BCUT2D eigenvalue weighted by Gasteiger charge is -1.34. The second-order valence-electron chi connectivity index (χ2n) is 0.707. The van der Waals surface area contributed by atoms with Gasteiger partial charge in [-0.1, -0.05) is 0 Å². The highest BCUT2D eigenvalue weighted by Crippen LogP contribution is 1.36. The molecule has 0 saturated heterocycles. The average molecular weight is 80.7 g/mol. The average Bonchev–Trinajstić information content (AvgIpc) is 0.918. The first-order valence-corrected chi connectivity index (χ1v) is 4.24. The quantitative estimate of drug-likeness (QED) is 0.356. The zero-order valence-corrected chi connectivity index (χ0v) is 4.12. The third kappa shape index (κ3) is 9.65. The Hall–Kier alpha value is 1.53. The van der Waals surface area contributed by atoms with Gasteiger partial charge in [-0.2, -0.15) is 10.1 Å². The van der Waals surface area contributed by atoms with E-state index < -0.39 is 0 Å². The molecule has 2 heteroatoms. The van der Waals surface area contributed by atoms with Gasteiger partial charge in [0.15, 0.2) is 0 Å². The molecule has 0 bridgehead atoms. The summed E-state index contributed by atoms with van der Waals surface area (Å²) in [5, 5.41) is 4.53. The molecule has 20 valence electrons. The summed E-state index contributed by atoms with van der Waals surface area (Å²) < 4.78 is 0. The highest BCUT2D eigenvalue weighted by Gasteiger charge is 1.54. The second kappa shape index (κ2) is 8.82. The molecule has 0 aromatic carbocycles. The molecule has 0 aliphatic heterocycles. The van der Waals surface area contributed by atoms with Gasteiger partial charge in [-0.05, 0) is 0 Å². The van der Waals surface area contributed by atoms with Crippen molar-refractivity contribution in [3.63, 3.8) is 0 Å². The summed E-state index contributed by atoms with van der Waals surface area (Å²) in [5.41, 5.74) is 0. The van der Waals surface area contributed by atoms with E-state index >= 15 is 0 Å². The Morgan fingerprint density at radius 2 is 1.25 bits per heavy atom. The van der Waals surface area contributed by atoms with Crippen LogP contribution < -0.4 is 0 Å². The van der Waals surface area contributed by atoms with Crippen LogP contribution in [0, 0.1) is 0 Å². The maximum atomic E-state index is 2.26. The van der Waals surface area contributed by atoms with Gasteiger partial charge in [-0.3, -0.25) is 0 Å². The van der Waals surface area contributed by atoms with Crippen molar-refractivity contribution < 1.29 is 0 Å². The Balaban J connectivity index is 0. The summed E-state index contributed by atoms with van der Waals surface area (Å²) in [7, 11) is 0. The van der Waals surface area contributed by atoms with Gasteiger partial charge in [0.1, 0.15) is 0 Å². The van der Waals surface area contributed by atoms with Crippen LogP contribution in [0.1, 0.15) is 0 Å². The lowest BCUT2D eigenvalue weighted by atomic mass is 11.9. The molecule has 0 unspecified atom stereocenters. The summed E-state index contributed by atoms with van der Waals surface area (Å²) in [6.07, 6.45) is 0. The van der Waals surface area contributed by atoms with Crippen LogP contribution in [0.3, 0.4) is 0 Å². The molecule has 0 amide bonds. The van der Waals surface area contributed by atoms with Crippen molar-refractivity contribution in [3.8, 4) is 0 Å². The van der Waals surface area contributed by atoms with Gasteiger partial charge in [-0.15, -0.1) is 0 Å². The van der Waals surface area contributed by atoms with Crippen LogP contribution in [0.2, 0.25) is 10.1 Å². The molecule has 0 heterocycles. The van der Waals surface area contributed by atoms with Crippen molar-refractivity contribution in [1.82, 2.24) is 0 Å². The maximum absolute atomic E-state index is 2.26. The van der Waals surface area contributed by atoms with Crippen LogP contribution in [-0.4, -0.2) is 43.4 Å². The van der Waals surface area contributed by atoms with E-state index in [1.807, 2.05) is 0 Å². The summed E-state index contributed by atoms with van der Waals surface area (Å²) in [4.78, 5) is 0. The molecule has 0 fully saturated rings. The van der Waals surface area contributed by atoms with Crippen LogP contribution in [0.5, 0.6) is 0 Å². The highest BCUT2D eigenvalue weighted by molar-refractivity contribution is 6.31.